The van der Waals surface area contributed by atoms with Crippen molar-refractivity contribution in [2.45, 2.75) is 6.54 Å². The van der Waals surface area contributed by atoms with Crippen LogP contribution in [0.25, 0.3) is 21.9 Å². The molecule has 2 heterocycles. The summed E-state index contributed by atoms with van der Waals surface area (Å²) < 4.78 is 9.58. The topological polar surface area (TPSA) is 61.1 Å². The number of aromatic nitrogens is 3. The summed E-state index contributed by atoms with van der Waals surface area (Å²) in [6.45, 7) is 0.668. The second-order valence-electron chi connectivity index (χ2n) is 7.45. The number of amides is 1. The van der Waals surface area contributed by atoms with Gasteiger partial charge in [-0.25, -0.2) is 4.98 Å². The minimum Gasteiger partial charge on any atom is -0.496 e. The lowest BCUT2D eigenvalue weighted by Crippen LogP contribution is -2.13. The summed E-state index contributed by atoms with van der Waals surface area (Å²) in [7, 11) is 3.57. The first-order valence-corrected chi connectivity index (χ1v) is 10.1. The van der Waals surface area contributed by atoms with Gasteiger partial charge in [-0.3, -0.25) is 4.79 Å². The number of anilines is 1. The number of benzene rings is 3. The van der Waals surface area contributed by atoms with E-state index < -0.39 is 0 Å². The number of hydrogen-bond acceptors (Lipinski definition) is 3. The Morgan fingerprint density at radius 1 is 1.00 bits per heavy atom. The standard InChI is InChI=1S/C25H22N4O2/c1-28-22-12-11-18(26-25(30)19-8-4-6-10-23(19)31-2)15-20(22)27-24(28)16-29-14-13-17-7-3-5-9-21(17)29/h3-15H,16H2,1-2H3,(H,26,30). The van der Waals surface area contributed by atoms with Crippen molar-refractivity contribution < 1.29 is 9.53 Å². The fraction of sp³-hybridized carbons (Fsp3) is 0.120. The van der Waals surface area contributed by atoms with Crippen LogP contribution in [0.4, 0.5) is 5.69 Å². The van der Waals surface area contributed by atoms with Crippen molar-refractivity contribution >= 4 is 33.5 Å². The van der Waals surface area contributed by atoms with Crippen molar-refractivity contribution in [3.05, 3.63) is 90.4 Å². The lowest BCUT2D eigenvalue weighted by Gasteiger charge is -2.09. The molecule has 0 aliphatic heterocycles. The number of aryl methyl sites for hydroxylation is 1. The smallest absolute Gasteiger partial charge is 0.259 e. The number of carbonyl (C=O) groups excluding carboxylic acids is 1. The molecule has 0 saturated heterocycles. The summed E-state index contributed by atoms with van der Waals surface area (Å²) in [5, 5.41) is 4.16. The minimum atomic E-state index is -0.216. The number of ether oxygens (including phenoxy) is 1. The predicted molar refractivity (Wildman–Crippen MR) is 123 cm³/mol. The van der Waals surface area contributed by atoms with Crippen LogP contribution in [0.3, 0.4) is 0 Å². The molecule has 5 aromatic rings. The second kappa shape index (κ2) is 7.65. The minimum absolute atomic E-state index is 0.216. The fourth-order valence-corrected chi connectivity index (χ4v) is 3.93. The molecule has 0 fully saturated rings. The highest BCUT2D eigenvalue weighted by Gasteiger charge is 2.14. The van der Waals surface area contributed by atoms with E-state index in [0.717, 1.165) is 16.9 Å². The number of nitrogens with zero attached hydrogens (tertiary/aromatic N) is 3. The Hall–Kier alpha value is -4.06. The van der Waals surface area contributed by atoms with Crippen LogP contribution in [-0.2, 0) is 13.6 Å². The molecule has 5 rings (SSSR count). The zero-order valence-corrected chi connectivity index (χ0v) is 17.4. The van der Waals surface area contributed by atoms with E-state index in [4.69, 9.17) is 9.72 Å². The van der Waals surface area contributed by atoms with Crippen molar-refractivity contribution in [2.75, 3.05) is 12.4 Å². The van der Waals surface area contributed by atoms with Gasteiger partial charge < -0.3 is 19.2 Å². The van der Waals surface area contributed by atoms with Gasteiger partial charge in [0.25, 0.3) is 5.91 Å². The Kier molecular flexibility index (Phi) is 4.67. The zero-order valence-electron chi connectivity index (χ0n) is 17.4. The van der Waals surface area contributed by atoms with E-state index in [0.29, 0.717) is 23.5 Å². The molecule has 0 atom stereocenters. The number of methoxy groups -OCH3 is 1. The van der Waals surface area contributed by atoms with Gasteiger partial charge in [0.1, 0.15) is 11.6 Å². The summed E-state index contributed by atoms with van der Waals surface area (Å²) in [5.74, 6) is 1.27. The third-order valence-corrected chi connectivity index (χ3v) is 5.57. The Bertz CT molecular complexity index is 1410. The molecule has 6 heteroatoms. The van der Waals surface area contributed by atoms with Crippen LogP contribution in [0, 0.1) is 0 Å². The van der Waals surface area contributed by atoms with E-state index in [1.165, 1.54) is 10.9 Å². The van der Waals surface area contributed by atoms with Gasteiger partial charge in [-0.15, -0.1) is 0 Å². The molecule has 0 spiro atoms. The molecule has 0 bridgehead atoms. The van der Waals surface area contributed by atoms with Crippen LogP contribution in [0.5, 0.6) is 5.75 Å². The number of para-hydroxylation sites is 2. The molecule has 154 valence electrons. The average Bonchev–Trinajstić information content (AvgIpc) is 3.34. The van der Waals surface area contributed by atoms with Gasteiger partial charge in [0.15, 0.2) is 0 Å². The second-order valence-corrected chi connectivity index (χ2v) is 7.45. The first-order valence-electron chi connectivity index (χ1n) is 10.1. The van der Waals surface area contributed by atoms with Crippen LogP contribution in [-0.4, -0.2) is 27.1 Å². The van der Waals surface area contributed by atoms with Crippen molar-refractivity contribution in [1.82, 2.24) is 14.1 Å². The summed E-state index contributed by atoms with van der Waals surface area (Å²) in [4.78, 5) is 17.6. The molecule has 3 aromatic carbocycles. The Balaban J connectivity index is 1.43. The molecule has 0 aliphatic carbocycles. The SMILES string of the molecule is COc1ccccc1C(=O)Nc1ccc2c(c1)nc(Cn1ccc3ccccc31)n2C. The van der Waals surface area contributed by atoms with Crippen LogP contribution >= 0.6 is 0 Å². The first kappa shape index (κ1) is 18.9. The van der Waals surface area contributed by atoms with Crippen molar-refractivity contribution in [3.8, 4) is 5.75 Å². The van der Waals surface area contributed by atoms with Crippen LogP contribution < -0.4 is 10.1 Å². The highest BCUT2D eigenvalue weighted by atomic mass is 16.5. The van der Waals surface area contributed by atoms with Gasteiger partial charge in [0.05, 0.1) is 30.3 Å². The maximum Gasteiger partial charge on any atom is 0.259 e. The zero-order chi connectivity index (χ0) is 21.4. The number of rotatable bonds is 5. The number of imidazole rings is 1. The lowest BCUT2D eigenvalue weighted by molar-refractivity contribution is 0.102. The normalized spacial score (nSPS) is 11.2. The molecule has 1 N–H and O–H groups in total. The van der Waals surface area contributed by atoms with Crippen LogP contribution in [0.15, 0.2) is 79.0 Å². The van der Waals surface area contributed by atoms with Gasteiger partial charge in [0, 0.05) is 24.4 Å². The fourth-order valence-electron chi connectivity index (χ4n) is 3.93. The van der Waals surface area contributed by atoms with E-state index in [2.05, 4.69) is 38.8 Å². The van der Waals surface area contributed by atoms with E-state index in [9.17, 15) is 4.79 Å². The van der Waals surface area contributed by atoms with E-state index in [-0.39, 0.29) is 5.91 Å². The molecule has 31 heavy (non-hydrogen) atoms. The third-order valence-electron chi connectivity index (χ3n) is 5.57. The molecular formula is C25H22N4O2. The Morgan fingerprint density at radius 3 is 2.68 bits per heavy atom. The van der Waals surface area contributed by atoms with Gasteiger partial charge in [-0.1, -0.05) is 30.3 Å². The lowest BCUT2D eigenvalue weighted by atomic mass is 10.2. The van der Waals surface area contributed by atoms with E-state index in [1.54, 1.807) is 19.2 Å². The quantitative estimate of drug-likeness (QED) is 0.451. The number of nitrogens with one attached hydrogen (secondary N) is 1. The third kappa shape index (κ3) is 3.42. The summed E-state index contributed by atoms with van der Waals surface area (Å²) in [6, 6.07) is 23.4. The monoisotopic (exact) mass is 410 g/mol. The maximum absolute atomic E-state index is 12.7. The molecule has 0 saturated carbocycles. The average molecular weight is 410 g/mol. The summed E-state index contributed by atoms with van der Waals surface area (Å²) >= 11 is 0. The van der Waals surface area contributed by atoms with E-state index >= 15 is 0 Å². The van der Waals surface area contributed by atoms with E-state index in [1.807, 2.05) is 49.5 Å². The summed E-state index contributed by atoms with van der Waals surface area (Å²) in [6.07, 6.45) is 2.09. The number of fused-ring (bicyclic) bond motifs is 2. The number of hydrogen-bond donors (Lipinski definition) is 1. The predicted octanol–water partition coefficient (Wildman–Crippen LogP) is 4.84. The Morgan fingerprint density at radius 2 is 1.81 bits per heavy atom. The first-order chi connectivity index (χ1) is 15.1. The largest absolute Gasteiger partial charge is 0.496 e. The van der Waals surface area contributed by atoms with Crippen molar-refractivity contribution in [1.29, 1.82) is 0 Å². The highest BCUT2D eigenvalue weighted by Crippen LogP contribution is 2.24. The highest BCUT2D eigenvalue weighted by molar-refractivity contribution is 6.06. The molecule has 0 aliphatic rings. The van der Waals surface area contributed by atoms with Crippen LogP contribution in [0.2, 0.25) is 0 Å². The maximum atomic E-state index is 12.7. The van der Waals surface area contributed by atoms with Gasteiger partial charge in [0.2, 0.25) is 0 Å². The molecule has 0 unspecified atom stereocenters. The molecule has 2 aromatic heterocycles. The number of carbonyl (C=O) groups is 1. The van der Waals surface area contributed by atoms with Gasteiger partial charge in [-0.05, 0) is 47.9 Å². The Labute approximate surface area is 179 Å². The molecule has 6 nitrogen and oxygen atoms in total. The van der Waals surface area contributed by atoms with Crippen LogP contribution in [0.1, 0.15) is 16.2 Å². The van der Waals surface area contributed by atoms with Gasteiger partial charge >= 0.3 is 0 Å². The summed E-state index contributed by atoms with van der Waals surface area (Å²) in [5.41, 5.74) is 4.22. The molecule has 1 amide bonds. The molecule has 0 radical (unpaired) electrons. The van der Waals surface area contributed by atoms with Crippen molar-refractivity contribution in [3.63, 3.8) is 0 Å². The van der Waals surface area contributed by atoms with Gasteiger partial charge in [-0.2, -0.15) is 0 Å². The molecular weight excluding hydrogens is 388 g/mol. The van der Waals surface area contributed by atoms with Crippen molar-refractivity contribution in [2.24, 2.45) is 7.05 Å².